The summed E-state index contributed by atoms with van der Waals surface area (Å²) in [6, 6.07) is 8.56. The third-order valence-electron chi connectivity index (χ3n) is 3.77. The Labute approximate surface area is 106 Å². The Morgan fingerprint density at radius 3 is 3.00 bits per heavy atom. The highest BCUT2D eigenvalue weighted by atomic mass is 32.2. The van der Waals surface area contributed by atoms with Crippen molar-refractivity contribution in [2.45, 2.75) is 25.0 Å². The van der Waals surface area contributed by atoms with Crippen molar-refractivity contribution in [2.75, 3.05) is 18.1 Å². The molecular formula is C14H18O2S. The molecule has 0 amide bonds. The van der Waals surface area contributed by atoms with Gasteiger partial charge in [-0.3, -0.25) is 0 Å². The van der Waals surface area contributed by atoms with Gasteiger partial charge in [0.25, 0.3) is 0 Å². The van der Waals surface area contributed by atoms with Gasteiger partial charge in [0, 0.05) is 5.75 Å². The standard InChI is InChI=1S/C14H18O2S/c15-13-9-17-8-11(13)7-14-12-4-2-1-3-10(12)5-6-16-14/h1-4,11,13-15H,5-9H2. The molecule has 1 N–H and O–H groups in total. The predicted molar refractivity (Wildman–Crippen MR) is 70.3 cm³/mol. The molecule has 17 heavy (non-hydrogen) atoms. The Bertz CT molecular complexity index is 394. The number of thioether (sulfide) groups is 1. The summed E-state index contributed by atoms with van der Waals surface area (Å²) in [7, 11) is 0. The molecule has 92 valence electrons. The Morgan fingerprint density at radius 2 is 2.18 bits per heavy atom. The van der Waals surface area contributed by atoms with E-state index < -0.39 is 0 Å². The van der Waals surface area contributed by atoms with E-state index >= 15 is 0 Å². The third kappa shape index (κ3) is 2.37. The fourth-order valence-corrected chi connectivity index (χ4v) is 4.07. The number of hydrogen-bond acceptors (Lipinski definition) is 3. The van der Waals surface area contributed by atoms with Gasteiger partial charge in [0.1, 0.15) is 0 Å². The third-order valence-corrected chi connectivity index (χ3v) is 5.02. The Morgan fingerprint density at radius 1 is 1.29 bits per heavy atom. The van der Waals surface area contributed by atoms with Gasteiger partial charge in [0.05, 0.1) is 18.8 Å². The average Bonchev–Trinajstić information content (AvgIpc) is 2.76. The predicted octanol–water partition coefficient (Wildman–Crippen LogP) is 2.41. The smallest absolute Gasteiger partial charge is 0.0831 e. The molecule has 1 saturated heterocycles. The molecule has 3 rings (SSSR count). The first-order valence-corrected chi connectivity index (χ1v) is 7.45. The van der Waals surface area contributed by atoms with Crippen LogP contribution in [0.25, 0.3) is 0 Å². The zero-order valence-corrected chi connectivity index (χ0v) is 10.7. The van der Waals surface area contributed by atoms with Crippen LogP contribution in [-0.2, 0) is 11.2 Å². The van der Waals surface area contributed by atoms with Gasteiger partial charge < -0.3 is 9.84 Å². The summed E-state index contributed by atoms with van der Waals surface area (Å²) < 4.78 is 5.89. The molecule has 0 aromatic heterocycles. The summed E-state index contributed by atoms with van der Waals surface area (Å²) >= 11 is 1.85. The normalized spacial score (nSPS) is 32.4. The van der Waals surface area contributed by atoms with Gasteiger partial charge in [-0.25, -0.2) is 0 Å². The van der Waals surface area contributed by atoms with E-state index in [1.807, 2.05) is 11.8 Å². The van der Waals surface area contributed by atoms with Gasteiger partial charge >= 0.3 is 0 Å². The van der Waals surface area contributed by atoms with Gasteiger partial charge in [-0.1, -0.05) is 24.3 Å². The molecule has 0 spiro atoms. The maximum atomic E-state index is 9.89. The van der Waals surface area contributed by atoms with E-state index in [0.717, 1.165) is 31.0 Å². The van der Waals surface area contributed by atoms with E-state index in [4.69, 9.17) is 4.74 Å². The molecule has 0 bridgehead atoms. The Hall–Kier alpha value is -0.510. The molecule has 3 atom stereocenters. The lowest BCUT2D eigenvalue weighted by atomic mass is 9.90. The topological polar surface area (TPSA) is 29.5 Å². The summed E-state index contributed by atoms with van der Waals surface area (Å²) in [5, 5.41) is 9.89. The van der Waals surface area contributed by atoms with Gasteiger partial charge in [-0.05, 0) is 35.6 Å². The first-order valence-electron chi connectivity index (χ1n) is 6.30. The second kappa shape index (κ2) is 5.01. The monoisotopic (exact) mass is 250 g/mol. The molecule has 0 aliphatic carbocycles. The van der Waals surface area contributed by atoms with Crippen LogP contribution in [0.15, 0.2) is 24.3 Å². The van der Waals surface area contributed by atoms with E-state index in [1.54, 1.807) is 0 Å². The molecule has 3 heteroatoms. The molecule has 2 aliphatic rings. The second-order valence-electron chi connectivity index (χ2n) is 4.91. The highest BCUT2D eigenvalue weighted by Gasteiger charge is 2.31. The zero-order chi connectivity index (χ0) is 11.7. The summed E-state index contributed by atoms with van der Waals surface area (Å²) in [4.78, 5) is 0. The molecule has 1 aromatic rings. The van der Waals surface area contributed by atoms with E-state index in [2.05, 4.69) is 24.3 Å². The van der Waals surface area contributed by atoms with E-state index in [9.17, 15) is 5.11 Å². The summed E-state index contributed by atoms with van der Waals surface area (Å²) in [5.41, 5.74) is 2.76. The fraction of sp³-hybridized carbons (Fsp3) is 0.571. The molecule has 1 aromatic carbocycles. The van der Waals surface area contributed by atoms with Crippen molar-refractivity contribution in [1.82, 2.24) is 0 Å². The number of ether oxygens (including phenoxy) is 1. The van der Waals surface area contributed by atoms with Crippen LogP contribution in [0.2, 0.25) is 0 Å². The van der Waals surface area contributed by atoms with Crippen LogP contribution in [0.1, 0.15) is 23.7 Å². The SMILES string of the molecule is OC1CSCC1CC1OCCc2ccccc21. The lowest BCUT2D eigenvalue weighted by molar-refractivity contribution is 0.0125. The first-order chi connectivity index (χ1) is 8.34. The van der Waals surface area contributed by atoms with E-state index in [0.29, 0.717) is 5.92 Å². The van der Waals surface area contributed by atoms with E-state index in [-0.39, 0.29) is 12.2 Å². The number of benzene rings is 1. The van der Waals surface area contributed by atoms with Crippen molar-refractivity contribution >= 4 is 11.8 Å². The van der Waals surface area contributed by atoms with Crippen LogP contribution in [0.4, 0.5) is 0 Å². The molecule has 0 saturated carbocycles. The number of hydrogen-bond donors (Lipinski definition) is 1. The zero-order valence-electron chi connectivity index (χ0n) is 9.84. The Balaban J connectivity index is 1.76. The highest BCUT2D eigenvalue weighted by molar-refractivity contribution is 7.99. The van der Waals surface area contributed by atoms with Gasteiger partial charge in [-0.2, -0.15) is 11.8 Å². The van der Waals surface area contributed by atoms with Crippen LogP contribution in [0.3, 0.4) is 0 Å². The first kappa shape index (κ1) is 11.6. The number of aliphatic hydroxyl groups is 1. The summed E-state index contributed by atoms with van der Waals surface area (Å²) in [6.45, 7) is 0.817. The second-order valence-corrected chi connectivity index (χ2v) is 5.98. The lowest BCUT2D eigenvalue weighted by Crippen LogP contribution is -2.24. The number of aliphatic hydroxyl groups excluding tert-OH is 1. The molecule has 3 unspecified atom stereocenters. The highest BCUT2D eigenvalue weighted by Crippen LogP contribution is 2.36. The van der Waals surface area contributed by atoms with Crippen molar-refractivity contribution in [3.8, 4) is 0 Å². The minimum atomic E-state index is -0.141. The number of rotatable bonds is 2. The summed E-state index contributed by atoms with van der Waals surface area (Å²) in [6.07, 6.45) is 2.04. The quantitative estimate of drug-likeness (QED) is 0.874. The van der Waals surface area contributed by atoms with Gasteiger partial charge in [0.15, 0.2) is 0 Å². The van der Waals surface area contributed by atoms with Crippen LogP contribution >= 0.6 is 11.8 Å². The van der Waals surface area contributed by atoms with Crippen molar-refractivity contribution < 1.29 is 9.84 Å². The minimum Gasteiger partial charge on any atom is -0.392 e. The van der Waals surface area contributed by atoms with Crippen molar-refractivity contribution in [1.29, 1.82) is 0 Å². The maximum absolute atomic E-state index is 9.89. The lowest BCUT2D eigenvalue weighted by Gasteiger charge is -2.28. The molecule has 2 aliphatic heterocycles. The number of fused-ring (bicyclic) bond motifs is 1. The van der Waals surface area contributed by atoms with Crippen LogP contribution < -0.4 is 0 Å². The average molecular weight is 250 g/mol. The molecule has 1 fully saturated rings. The molecular weight excluding hydrogens is 232 g/mol. The van der Waals surface area contributed by atoms with Gasteiger partial charge in [0.2, 0.25) is 0 Å². The van der Waals surface area contributed by atoms with Crippen LogP contribution in [-0.4, -0.2) is 29.3 Å². The molecule has 2 heterocycles. The molecule has 0 radical (unpaired) electrons. The van der Waals surface area contributed by atoms with Crippen LogP contribution in [0, 0.1) is 5.92 Å². The maximum Gasteiger partial charge on any atom is 0.0831 e. The molecule has 2 nitrogen and oxygen atoms in total. The van der Waals surface area contributed by atoms with Crippen molar-refractivity contribution in [3.63, 3.8) is 0 Å². The largest absolute Gasteiger partial charge is 0.392 e. The van der Waals surface area contributed by atoms with Crippen molar-refractivity contribution in [2.24, 2.45) is 5.92 Å². The summed E-state index contributed by atoms with van der Waals surface area (Å²) in [5.74, 6) is 2.36. The van der Waals surface area contributed by atoms with Crippen LogP contribution in [0.5, 0.6) is 0 Å². The minimum absolute atomic E-state index is 0.141. The fourth-order valence-electron chi connectivity index (χ4n) is 2.76. The van der Waals surface area contributed by atoms with Crippen molar-refractivity contribution in [3.05, 3.63) is 35.4 Å². The van der Waals surface area contributed by atoms with Gasteiger partial charge in [-0.15, -0.1) is 0 Å². The Kier molecular flexibility index (Phi) is 3.41. The van der Waals surface area contributed by atoms with E-state index in [1.165, 1.54) is 11.1 Å².